The standard InChI is InChI=1S/C12H14N2O2/c1-8-10-5-3-4-9(6-7-11(15)16)12(10)13-14(8)2/h3-5H,6-7H2,1-2H3,(H,15,16). The van der Waals surface area contributed by atoms with Crippen LogP contribution in [-0.4, -0.2) is 20.9 Å². The van der Waals surface area contributed by atoms with E-state index in [1.807, 2.05) is 36.9 Å². The highest BCUT2D eigenvalue weighted by Crippen LogP contribution is 2.21. The fraction of sp³-hybridized carbons (Fsp3) is 0.333. The maximum atomic E-state index is 10.6. The summed E-state index contributed by atoms with van der Waals surface area (Å²) < 4.78 is 1.83. The van der Waals surface area contributed by atoms with Gasteiger partial charge >= 0.3 is 5.97 Å². The van der Waals surface area contributed by atoms with Crippen LogP contribution >= 0.6 is 0 Å². The Hall–Kier alpha value is -1.84. The molecule has 0 aliphatic rings. The van der Waals surface area contributed by atoms with Crippen molar-refractivity contribution in [2.75, 3.05) is 0 Å². The predicted octanol–water partition coefficient (Wildman–Crippen LogP) is 1.90. The van der Waals surface area contributed by atoms with Crippen LogP contribution in [0.5, 0.6) is 0 Å². The van der Waals surface area contributed by atoms with E-state index in [1.54, 1.807) is 0 Å². The Kier molecular flexibility index (Phi) is 2.64. The Morgan fingerprint density at radius 1 is 1.50 bits per heavy atom. The molecule has 0 aliphatic heterocycles. The molecule has 0 bridgehead atoms. The highest BCUT2D eigenvalue weighted by Gasteiger charge is 2.09. The van der Waals surface area contributed by atoms with E-state index in [1.165, 1.54) is 0 Å². The van der Waals surface area contributed by atoms with Gasteiger partial charge in [0.25, 0.3) is 0 Å². The molecule has 4 nitrogen and oxygen atoms in total. The highest BCUT2D eigenvalue weighted by atomic mass is 16.4. The van der Waals surface area contributed by atoms with Crippen molar-refractivity contribution >= 4 is 16.9 Å². The molecular formula is C12H14N2O2. The molecule has 1 heterocycles. The topological polar surface area (TPSA) is 55.1 Å². The molecule has 16 heavy (non-hydrogen) atoms. The molecule has 1 aromatic heterocycles. The van der Waals surface area contributed by atoms with Crippen LogP contribution in [0.3, 0.4) is 0 Å². The maximum absolute atomic E-state index is 10.6. The quantitative estimate of drug-likeness (QED) is 0.856. The van der Waals surface area contributed by atoms with Crippen LogP contribution in [0.4, 0.5) is 0 Å². The number of nitrogens with zero attached hydrogens (tertiary/aromatic N) is 2. The first-order chi connectivity index (χ1) is 7.59. The van der Waals surface area contributed by atoms with Crippen molar-refractivity contribution in [1.82, 2.24) is 9.78 Å². The molecule has 0 spiro atoms. The number of aromatic nitrogens is 2. The van der Waals surface area contributed by atoms with Crippen LogP contribution in [-0.2, 0) is 18.3 Å². The lowest BCUT2D eigenvalue weighted by Crippen LogP contribution is -1.98. The number of carboxylic acid groups (broad SMARTS) is 1. The van der Waals surface area contributed by atoms with Crippen molar-refractivity contribution in [1.29, 1.82) is 0 Å². The van der Waals surface area contributed by atoms with E-state index in [0.29, 0.717) is 6.42 Å². The number of hydrogen-bond donors (Lipinski definition) is 1. The van der Waals surface area contributed by atoms with Crippen LogP contribution in [0.25, 0.3) is 10.9 Å². The summed E-state index contributed by atoms with van der Waals surface area (Å²) in [7, 11) is 1.90. The molecule has 2 rings (SSSR count). The summed E-state index contributed by atoms with van der Waals surface area (Å²) in [4.78, 5) is 10.6. The normalized spacial score (nSPS) is 10.9. The highest BCUT2D eigenvalue weighted by molar-refractivity contribution is 5.84. The molecule has 0 saturated heterocycles. The monoisotopic (exact) mass is 218 g/mol. The van der Waals surface area contributed by atoms with Crippen LogP contribution < -0.4 is 0 Å². The first-order valence-corrected chi connectivity index (χ1v) is 5.22. The first kappa shape index (κ1) is 10.7. The van der Waals surface area contributed by atoms with Crippen LogP contribution in [0.1, 0.15) is 17.7 Å². The van der Waals surface area contributed by atoms with Crippen LogP contribution in [0, 0.1) is 6.92 Å². The van der Waals surface area contributed by atoms with Crippen molar-refractivity contribution in [3.8, 4) is 0 Å². The number of fused-ring (bicyclic) bond motifs is 1. The van der Waals surface area contributed by atoms with E-state index in [2.05, 4.69) is 5.10 Å². The smallest absolute Gasteiger partial charge is 0.303 e. The van der Waals surface area contributed by atoms with Crippen molar-refractivity contribution in [3.63, 3.8) is 0 Å². The zero-order chi connectivity index (χ0) is 11.7. The van der Waals surface area contributed by atoms with Gasteiger partial charge in [0.1, 0.15) is 0 Å². The van der Waals surface area contributed by atoms with E-state index in [-0.39, 0.29) is 6.42 Å². The molecule has 1 aromatic carbocycles. The molecule has 0 amide bonds. The van der Waals surface area contributed by atoms with Crippen molar-refractivity contribution in [2.45, 2.75) is 19.8 Å². The van der Waals surface area contributed by atoms with E-state index < -0.39 is 5.97 Å². The fourth-order valence-corrected chi connectivity index (χ4v) is 1.84. The summed E-state index contributed by atoms with van der Waals surface area (Å²) in [5, 5.41) is 14.2. The third kappa shape index (κ3) is 1.78. The van der Waals surface area contributed by atoms with Gasteiger partial charge in [-0.1, -0.05) is 18.2 Å². The molecule has 0 aliphatic carbocycles. The average Bonchev–Trinajstić information content (AvgIpc) is 2.53. The predicted molar refractivity (Wildman–Crippen MR) is 61.4 cm³/mol. The van der Waals surface area contributed by atoms with Crippen LogP contribution in [0.2, 0.25) is 0 Å². The summed E-state index contributed by atoms with van der Waals surface area (Å²) in [6.45, 7) is 2.01. The minimum atomic E-state index is -0.773. The molecule has 0 fully saturated rings. The Balaban J connectivity index is 2.45. The van der Waals surface area contributed by atoms with Crippen molar-refractivity contribution < 1.29 is 9.90 Å². The number of benzene rings is 1. The SMILES string of the molecule is Cc1c2cccc(CCC(=O)O)c2nn1C. The number of carbonyl (C=O) groups is 1. The van der Waals surface area contributed by atoms with Crippen LogP contribution in [0.15, 0.2) is 18.2 Å². The summed E-state index contributed by atoms with van der Waals surface area (Å²) >= 11 is 0. The van der Waals surface area contributed by atoms with E-state index in [9.17, 15) is 4.79 Å². The summed E-state index contributed by atoms with van der Waals surface area (Å²) in [5.74, 6) is -0.773. The number of hydrogen-bond acceptors (Lipinski definition) is 2. The molecule has 0 atom stereocenters. The van der Waals surface area contributed by atoms with Gasteiger partial charge in [0, 0.05) is 24.5 Å². The maximum Gasteiger partial charge on any atom is 0.303 e. The second-order valence-electron chi connectivity index (χ2n) is 3.92. The largest absolute Gasteiger partial charge is 0.481 e. The number of aryl methyl sites for hydroxylation is 3. The van der Waals surface area contributed by atoms with Gasteiger partial charge in [-0.25, -0.2) is 0 Å². The third-order valence-electron chi connectivity index (χ3n) is 2.85. The zero-order valence-electron chi connectivity index (χ0n) is 9.40. The molecule has 2 aromatic rings. The lowest BCUT2D eigenvalue weighted by Gasteiger charge is -1.99. The number of aliphatic carboxylic acids is 1. The lowest BCUT2D eigenvalue weighted by atomic mass is 10.1. The van der Waals surface area contributed by atoms with E-state index >= 15 is 0 Å². The minimum absolute atomic E-state index is 0.148. The van der Waals surface area contributed by atoms with Gasteiger partial charge in [-0.15, -0.1) is 0 Å². The lowest BCUT2D eigenvalue weighted by molar-refractivity contribution is -0.136. The molecule has 84 valence electrons. The van der Waals surface area contributed by atoms with Gasteiger partial charge in [-0.05, 0) is 18.9 Å². The molecule has 1 N–H and O–H groups in total. The second-order valence-corrected chi connectivity index (χ2v) is 3.92. The van der Waals surface area contributed by atoms with Gasteiger partial charge in [0.15, 0.2) is 0 Å². The molecular weight excluding hydrogens is 204 g/mol. The van der Waals surface area contributed by atoms with Gasteiger partial charge in [-0.3, -0.25) is 9.48 Å². The first-order valence-electron chi connectivity index (χ1n) is 5.22. The van der Waals surface area contributed by atoms with Gasteiger partial charge in [-0.2, -0.15) is 5.10 Å². The number of rotatable bonds is 3. The zero-order valence-corrected chi connectivity index (χ0v) is 9.40. The third-order valence-corrected chi connectivity index (χ3v) is 2.85. The van der Waals surface area contributed by atoms with Gasteiger partial charge in [0.05, 0.1) is 5.52 Å². The Morgan fingerprint density at radius 2 is 2.25 bits per heavy atom. The van der Waals surface area contributed by atoms with Gasteiger partial charge < -0.3 is 5.11 Å². The molecule has 4 heteroatoms. The molecule has 0 unspecified atom stereocenters. The molecule has 0 saturated carbocycles. The minimum Gasteiger partial charge on any atom is -0.481 e. The summed E-state index contributed by atoms with van der Waals surface area (Å²) in [5.41, 5.74) is 3.03. The van der Waals surface area contributed by atoms with Crippen molar-refractivity contribution in [3.05, 3.63) is 29.5 Å². The van der Waals surface area contributed by atoms with E-state index in [4.69, 9.17) is 5.11 Å². The van der Waals surface area contributed by atoms with Gasteiger partial charge in [0.2, 0.25) is 0 Å². The summed E-state index contributed by atoms with van der Waals surface area (Å²) in [6, 6.07) is 5.91. The van der Waals surface area contributed by atoms with Crippen molar-refractivity contribution in [2.24, 2.45) is 7.05 Å². The van der Waals surface area contributed by atoms with E-state index in [0.717, 1.165) is 22.2 Å². The Labute approximate surface area is 93.5 Å². The number of carboxylic acids is 1. The summed E-state index contributed by atoms with van der Waals surface area (Å²) in [6.07, 6.45) is 0.678. The molecule has 0 radical (unpaired) electrons. The fourth-order valence-electron chi connectivity index (χ4n) is 1.84. The Morgan fingerprint density at radius 3 is 2.94 bits per heavy atom. The second kappa shape index (κ2) is 3.96. The Bertz CT molecular complexity index is 543. The average molecular weight is 218 g/mol.